The fraction of sp³-hybridized carbons (Fsp3) is 0.583. The van der Waals surface area contributed by atoms with Crippen molar-refractivity contribution in [3.63, 3.8) is 0 Å². The van der Waals surface area contributed by atoms with E-state index in [2.05, 4.69) is 30.9 Å². The lowest BCUT2D eigenvalue weighted by atomic mass is 10.4. The van der Waals surface area contributed by atoms with Gasteiger partial charge in [0, 0.05) is 30.3 Å². The number of aromatic nitrogens is 2. The van der Waals surface area contributed by atoms with E-state index in [0.29, 0.717) is 12.5 Å². The zero-order valence-corrected chi connectivity index (χ0v) is 12.7. The largest absolute Gasteiger partial charge is 0.355 e. The molecule has 1 aromatic rings. The zero-order valence-electron chi connectivity index (χ0n) is 11.9. The Morgan fingerprint density at radius 1 is 1.55 bits per heavy atom. The number of H-pyrrole nitrogens is 1. The van der Waals surface area contributed by atoms with Crippen molar-refractivity contribution in [1.82, 2.24) is 25.9 Å². The fourth-order valence-corrected chi connectivity index (χ4v) is 2.29. The Labute approximate surface area is 123 Å². The Balaban J connectivity index is 2.19. The van der Waals surface area contributed by atoms with Gasteiger partial charge in [0.05, 0.1) is 18.6 Å². The molecule has 0 aliphatic rings. The molecule has 0 aromatic carbocycles. The molecule has 0 saturated heterocycles. The summed E-state index contributed by atoms with van der Waals surface area (Å²) in [4.78, 5) is 11.6. The van der Waals surface area contributed by atoms with Crippen LogP contribution < -0.4 is 16.0 Å². The Bertz CT molecular complexity index is 449. The van der Waals surface area contributed by atoms with Crippen molar-refractivity contribution in [2.45, 2.75) is 12.7 Å². The number of aryl methyl sites for hydroxylation is 1. The summed E-state index contributed by atoms with van der Waals surface area (Å²) in [6.45, 7) is 4.18. The molecular weight excluding hydrogens is 274 g/mol. The first-order valence-electron chi connectivity index (χ1n) is 6.42. The van der Waals surface area contributed by atoms with Gasteiger partial charge in [-0.3, -0.25) is 10.3 Å². The minimum Gasteiger partial charge on any atom is -0.355 e. The predicted molar refractivity (Wildman–Crippen MR) is 82.5 cm³/mol. The first-order valence-corrected chi connectivity index (χ1v) is 7.58. The van der Waals surface area contributed by atoms with Crippen LogP contribution in [0.4, 0.5) is 0 Å². The molecule has 0 atom stereocenters. The average Bonchev–Trinajstić information content (AvgIpc) is 2.84. The summed E-state index contributed by atoms with van der Waals surface area (Å²) >= 11 is 1.79. The van der Waals surface area contributed by atoms with Crippen LogP contribution in [0.2, 0.25) is 0 Å². The Kier molecular flexibility index (Phi) is 8.26. The van der Waals surface area contributed by atoms with Gasteiger partial charge in [0.2, 0.25) is 5.96 Å². The van der Waals surface area contributed by atoms with Gasteiger partial charge in [0.15, 0.2) is 6.19 Å². The van der Waals surface area contributed by atoms with Crippen molar-refractivity contribution in [3.05, 3.63) is 17.7 Å². The van der Waals surface area contributed by atoms with Crippen LogP contribution in [0.1, 0.15) is 11.4 Å². The maximum atomic E-state index is 8.64. The molecule has 0 spiro atoms. The van der Waals surface area contributed by atoms with Crippen molar-refractivity contribution in [2.75, 3.05) is 32.4 Å². The number of nitriles is 1. The molecule has 0 amide bonds. The second-order valence-corrected chi connectivity index (χ2v) is 5.13. The number of imidazole rings is 1. The Hall–Kier alpha value is -1.72. The summed E-state index contributed by atoms with van der Waals surface area (Å²) < 4.78 is 0. The molecule has 1 rings (SSSR count). The third-order valence-electron chi connectivity index (χ3n) is 2.52. The summed E-state index contributed by atoms with van der Waals surface area (Å²) in [5.41, 5.74) is 2.21. The summed E-state index contributed by atoms with van der Waals surface area (Å²) in [5, 5.41) is 17.3. The molecule has 0 fully saturated rings. The van der Waals surface area contributed by atoms with E-state index in [0.717, 1.165) is 36.0 Å². The van der Waals surface area contributed by atoms with Gasteiger partial charge in [-0.05, 0) is 14.0 Å². The standard InChI is InChI=1S/C12H21N7S/c1-10-11(19-9-18-10)7-20-6-5-16-12(17-8-13)15-4-3-14-2/h9,14H,3-7H2,1-2H3,(H,18,19)(H2,15,16,17). The van der Waals surface area contributed by atoms with Crippen molar-refractivity contribution in [2.24, 2.45) is 4.99 Å². The molecule has 0 radical (unpaired) electrons. The van der Waals surface area contributed by atoms with E-state index in [1.165, 1.54) is 0 Å². The fourth-order valence-electron chi connectivity index (χ4n) is 1.42. The van der Waals surface area contributed by atoms with Crippen LogP contribution in [0.25, 0.3) is 0 Å². The van der Waals surface area contributed by atoms with E-state index < -0.39 is 0 Å². The Morgan fingerprint density at radius 3 is 3.05 bits per heavy atom. The molecule has 110 valence electrons. The summed E-state index contributed by atoms with van der Waals surface area (Å²) in [5.74, 6) is 2.33. The van der Waals surface area contributed by atoms with E-state index >= 15 is 0 Å². The van der Waals surface area contributed by atoms with Crippen molar-refractivity contribution in [3.8, 4) is 6.19 Å². The highest BCUT2D eigenvalue weighted by molar-refractivity contribution is 7.98. The minimum absolute atomic E-state index is 0.527. The number of guanidine groups is 1. The van der Waals surface area contributed by atoms with Crippen molar-refractivity contribution >= 4 is 17.7 Å². The number of aliphatic imine (C=N–C) groups is 1. The molecule has 0 saturated carbocycles. The first kappa shape index (κ1) is 16.3. The summed E-state index contributed by atoms with van der Waals surface area (Å²) in [6.07, 6.45) is 3.60. The lowest BCUT2D eigenvalue weighted by Gasteiger charge is -2.07. The molecule has 20 heavy (non-hydrogen) atoms. The van der Waals surface area contributed by atoms with E-state index in [1.54, 1.807) is 18.1 Å². The van der Waals surface area contributed by atoms with Gasteiger partial charge in [-0.25, -0.2) is 4.98 Å². The number of rotatable bonds is 8. The molecular formula is C12H21N7S. The van der Waals surface area contributed by atoms with Crippen LogP contribution >= 0.6 is 11.8 Å². The highest BCUT2D eigenvalue weighted by Crippen LogP contribution is 2.11. The van der Waals surface area contributed by atoms with Crippen LogP contribution in [0.3, 0.4) is 0 Å². The molecule has 0 aliphatic heterocycles. The number of likely N-dealkylation sites (N-methyl/N-ethyl adjacent to an activating group) is 1. The maximum absolute atomic E-state index is 8.64. The SMILES string of the molecule is CNCCN=C(NC#N)NCCSCc1nc[nH]c1C. The number of nitrogens with one attached hydrogen (secondary N) is 4. The van der Waals surface area contributed by atoms with Gasteiger partial charge < -0.3 is 15.6 Å². The molecule has 0 aliphatic carbocycles. The molecule has 8 heteroatoms. The van der Waals surface area contributed by atoms with Crippen LogP contribution in [0, 0.1) is 18.4 Å². The van der Waals surface area contributed by atoms with Crippen LogP contribution in [-0.2, 0) is 5.75 Å². The van der Waals surface area contributed by atoms with E-state index in [9.17, 15) is 0 Å². The predicted octanol–water partition coefficient (Wildman–Crippen LogP) is 0.187. The normalized spacial score (nSPS) is 11.2. The number of hydrogen-bond acceptors (Lipinski definition) is 5. The van der Waals surface area contributed by atoms with Gasteiger partial charge in [-0.15, -0.1) is 0 Å². The Morgan fingerprint density at radius 2 is 2.40 bits per heavy atom. The molecule has 0 unspecified atom stereocenters. The van der Waals surface area contributed by atoms with Gasteiger partial charge in [0.1, 0.15) is 0 Å². The van der Waals surface area contributed by atoms with Crippen molar-refractivity contribution in [1.29, 1.82) is 5.26 Å². The highest BCUT2D eigenvalue weighted by Gasteiger charge is 2.01. The molecule has 4 N–H and O–H groups in total. The van der Waals surface area contributed by atoms with Gasteiger partial charge in [-0.1, -0.05) is 0 Å². The van der Waals surface area contributed by atoms with Crippen molar-refractivity contribution < 1.29 is 0 Å². The zero-order chi connectivity index (χ0) is 14.6. The van der Waals surface area contributed by atoms with E-state index in [-0.39, 0.29) is 0 Å². The van der Waals surface area contributed by atoms with Crippen LogP contribution in [0.15, 0.2) is 11.3 Å². The van der Waals surface area contributed by atoms with Gasteiger partial charge in [0.25, 0.3) is 0 Å². The third-order valence-corrected chi connectivity index (χ3v) is 3.49. The molecule has 0 bridgehead atoms. The molecule has 1 heterocycles. The monoisotopic (exact) mass is 295 g/mol. The minimum atomic E-state index is 0.527. The third kappa shape index (κ3) is 6.45. The number of nitrogens with zero attached hydrogens (tertiary/aromatic N) is 3. The lowest BCUT2D eigenvalue weighted by Crippen LogP contribution is -2.36. The number of thioether (sulfide) groups is 1. The highest BCUT2D eigenvalue weighted by atomic mass is 32.2. The topological polar surface area (TPSA) is 101 Å². The maximum Gasteiger partial charge on any atom is 0.204 e. The molecule has 7 nitrogen and oxygen atoms in total. The first-order chi connectivity index (χ1) is 9.77. The summed E-state index contributed by atoms with van der Waals surface area (Å²) in [7, 11) is 1.87. The molecule has 1 aromatic heterocycles. The quantitative estimate of drug-likeness (QED) is 0.179. The average molecular weight is 295 g/mol. The van der Waals surface area contributed by atoms with Gasteiger partial charge in [-0.2, -0.15) is 17.0 Å². The second kappa shape index (κ2) is 10.1. The van der Waals surface area contributed by atoms with Gasteiger partial charge >= 0.3 is 0 Å². The van der Waals surface area contributed by atoms with E-state index in [1.807, 2.05) is 20.2 Å². The second-order valence-electron chi connectivity index (χ2n) is 4.02. The number of aromatic amines is 1. The van der Waals surface area contributed by atoms with E-state index in [4.69, 9.17) is 5.26 Å². The smallest absolute Gasteiger partial charge is 0.204 e. The summed E-state index contributed by atoms with van der Waals surface area (Å²) in [6, 6.07) is 0. The lowest BCUT2D eigenvalue weighted by molar-refractivity contribution is 0.791. The van der Waals surface area contributed by atoms with Crippen LogP contribution in [-0.4, -0.2) is 48.4 Å². The van der Waals surface area contributed by atoms with Crippen LogP contribution in [0.5, 0.6) is 0 Å². The number of hydrogen-bond donors (Lipinski definition) is 4.